The molecular formula is C18H39O5P. The van der Waals surface area contributed by atoms with Gasteiger partial charge in [-0.2, -0.15) is 0 Å². The summed E-state index contributed by atoms with van der Waals surface area (Å²) >= 11 is 0. The number of hydrogen-bond acceptors (Lipinski definition) is 3. The summed E-state index contributed by atoms with van der Waals surface area (Å²) in [4.78, 5) is 18.8. The van der Waals surface area contributed by atoms with E-state index in [2.05, 4.69) is 27.7 Å². The van der Waals surface area contributed by atoms with E-state index >= 15 is 0 Å². The van der Waals surface area contributed by atoms with E-state index in [1.807, 2.05) is 0 Å². The highest BCUT2D eigenvalue weighted by Gasteiger charge is 2.40. The molecule has 0 aromatic rings. The van der Waals surface area contributed by atoms with Gasteiger partial charge in [-0.25, -0.2) is 4.57 Å². The van der Waals surface area contributed by atoms with E-state index in [0.29, 0.717) is 24.7 Å². The van der Waals surface area contributed by atoms with E-state index in [-0.39, 0.29) is 6.61 Å². The normalized spacial score (nSPS) is 17.5. The van der Waals surface area contributed by atoms with Gasteiger partial charge in [0.05, 0.1) is 6.61 Å². The number of aliphatic hydroxyl groups is 1. The van der Waals surface area contributed by atoms with Gasteiger partial charge in [-0.1, -0.05) is 79.1 Å². The monoisotopic (exact) mass is 366 g/mol. The molecule has 0 aliphatic rings. The van der Waals surface area contributed by atoms with E-state index < -0.39 is 13.4 Å². The lowest BCUT2D eigenvalue weighted by Crippen LogP contribution is -2.40. The Morgan fingerprint density at radius 3 is 1.58 bits per heavy atom. The van der Waals surface area contributed by atoms with Crippen LogP contribution in [0.5, 0.6) is 0 Å². The molecular weight excluding hydrogens is 327 g/mol. The molecule has 3 N–H and O–H groups in total. The lowest BCUT2D eigenvalue weighted by molar-refractivity contribution is -0.0491. The predicted octanol–water partition coefficient (Wildman–Crippen LogP) is 5.04. The second-order valence-corrected chi connectivity index (χ2v) is 8.33. The van der Waals surface area contributed by atoms with Crippen molar-refractivity contribution in [1.29, 1.82) is 0 Å². The van der Waals surface area contributed by atoms with Crippen LogP contribution in [0.25, 0.3) is 0 Å². The molecule has 0 rings (SSSR count). The second-order valence-electron chi connectivity index (χ2n) is 7.16. The highest BCUT2D eigenvalue weighted by molar-refractivity contribution is 7.46. The van der Waals surface area contributed by atoms with Crippen molar-refractivity contribution < 1.29 is 24.0 Å². The first-order valence-corrected chi connectivity index (χ1v) is 11.2. The van der Waals surface area contributed by atoms with Gasteiger partial charge in [-0.3, -0.25) is 4.52 Å². The number of hydrogen-bond donors (Lipinski definition) is 3. The van der Waals surface area contributed by atoms with Crippen molar-refractivity contribution in [2.75, 3.05) is 6.61 Å². The standard InChI is InChI=1S/C18H39O5P/c1-5-9-11-16(7-3)13-18(15-19,23-24(20,21)22)14-17(8-4)12-10-6-2/h16-17,19H,5-15H2,1-4H3,(H2,20,21,22). The topological polar surface area (TPSA) is 87.0 Å². The van der Waals surface area contributed by atoms with Crippen LogP contribution < -0.4 is 0 Å². The molecule has 0 bridgehead atoms. The van der Waals surface area contributed by atoms with Gasteiger partial charge in [0, 0.05) is 0 Å². The summed E-state index contributed by atoms with van der Waals surface area (Å²) in [6.45, 7) is 8.11. The van der Waals surface area contributed by atoms with Crippen LogP contribution in [0, 0.1) is 11.8 Å². The van der Waals surface area contributed by atoms with Crippen molar-refractivity contribution in [1.82, 2.24) is 0 Å². The zero-order valence-electron chi connectivity index (χ0n) is 16.0. The average molecular weight is 366 g/mol. The summed E-state index contributed by atoms with van der Waals surface area (Å²) in [6, 6.07) is 0. The molecule has 0 saturated heterocycles. The number of aliphatic hydroxyl groups excluding tert-OH is 1. The Kier molecular flexibility index (Phi) is 12.5. The summed E-state index contributed by atoms with van der Waals surface area (Å²) < 4.78 is 16.8. The highest BCUT2D eigenvalue weighted by Crippen LogP contribution is 2.47. The van der Waals surface area contributed by atoms with Gasteiger partial charge in [0.15, 0.2) is 0 Å². The maximum atomic E-state index is 11.5. The summed E-state index contributed by atoms with van der Waals surface area (Å²) in [5.74, 6) is 0.625. The molecule has 2 unspecified atom stereocenters. The van der Waals surface area contributed by atoms with Gasteiger partial charge in [-0.15, -0.1) is 0 Å². The molecule has 0 aliphatic carbocycles. The fourth-order valence-corrected chi connectivity index (χ4v) is 4.22. The molecule has 2 atom stereocenters. The van der Waals surface area contributed by atoms with Crippen molar-refractivity contribution in [3.8, 4) is 0 Å². The quantitative estimate of drug-likeness (QED) is 0.353. The Bertz CT molecular complexity index is 337. The first kappa shape index (κ1) is 24.1. The maximum absolute atomic E-state index is 11.5. The van der Waals surface area contributed by atoms with Crippen LogP contribution in [0.1, 0.15) is 91.9 Å². The summed E-state index contributed by atoms with van der Waals surface area (Å²) in [7, 11) is -4.65. The third-order valence-corrected chi connectivity index (χ3v) is 5.63. The Labute approximate surface area is 148 Å². The molecule has 0 aromatic heterocycles. The van der Waals surface area contributed by atoms with E-state index in [0.717, 1.165) is 51.4 Å². The Balaban J connectivity index is 5.26. The lowest BCUT2D eigenvalue weighted by Gasteiger charge is -2.37. The Morgan fingerprint density at radius 1 is 0.917 bits per heavy atom. The average Bonchev–Trinajstić information content (AvgIpc) is 2.53. The van der Waals surface area contributed by atoms with Crippen molar-refractivity contribution in [2.45, 2.75) is 97.5 Å². The smallest absolute Gasteiger partial charge is 0.393 e. The van der Waals surface area contributed by atoms with E-state index in [4.69, 9.17) is 4.52 Å². The molecule has 0 heterocycles. The lowest BCUT2D eigenvalue weighted by atomic mass is 9.79. The number of rotatable bonds is 15. The van der Waals surface area contributed by atoms with Crippen LogP contribution >= 0.6 is 7.82 Å². The molecule has 146 valence electrons. The molecule has 0 amide bonds. The van der Waals surface area contributed by atoms with E-state index in [1.165, 1.54) is 0 Å². The van der Waals surface area contributed by atoms with Crippen LogP contribution in [0.4, 0.5) is 0 Å². The molecule has 0 aromatic carbocycles. The zero-order chi connectivity index (χ0) is 18.6. The van der Waals surface area contributed by atoms with Crippen LogP contribution in [0.2, 0.25) is 0 Å². The van der Waals surface area contributed by atoms with Gasteiger partial charge in [0.1, 0.15) is 5.60 Å². The van der Waals surface area contributed by atoms with Crippen molar-refractivity contribution in [3.05, 3.63) is 0 Å². The molecule has 0 aliphatic heterocycles. The summed E-state index contributed by atoms with van der Waals surface area (Å²) in [5.41, 5.74) is -1.14. The highest BCUT2D eigenvalue weighted by atomic mass is 31.2. The Morgan fingerprint density at radius 2 is 1.33 bits per heavy atom. The number of phosphoric ester groups is 1. The van der Waals surface area contributed by atoms with Gasteiger partial charge in [-0.05, 0) is 24.7 Å². The van der Waals surface area contributed by atoms with Gasteiger partial charge in [0.25, 0.3) is 0 Å². The molecule has 24 heavy (non-hydrogen) atoms. The number of unbranched alkanes of at least 4 members (excludes halogenated alkanes) is 2. The van der Waals surface area contributed by atoms with Crippen molar-refractivity contribution >= 4 is 7.82 Å². The third-order valence-electron chi connectivity index (χ3n) is 5.01. The maximum Gasteiger partial charge on any atom is 0.470 e. The molecule has 0 saturated carbocycles. The molecule has 5 nitrogen and oxygen atoms in total. The predicted molar refractivity (Wildman–Crippen MR) is 98.8 cm³/mol. The second kappa shape index (κ2) is 12.4. The number of phosphoric acid groups is 1. The fraction of sp³-hybridized carbons (Fsp3) is 1.00. The fourth-order valence-electron chi connectivity index (χ4n) is 3.51. The van der Waals surface area contributed by atoms with E-state index in [9.17, 15) is 19.5 Å². The minimum atomic E-state index is -4.65. The molecule has 0 fully saturated rings. The van der Waals surface area contributed by atoms with Gasteiger partial charge < -0.3 is 14.9 Å². The zero-order valence-corrected chi connectivity index (χ0v) is 16.9. The van der Waals surface area contributed by atoms with E-state index in [1.54, 1.807) is 0 Å². The van der Waals surface area contributed by atoms with Crippen LogP contribution in [-0.4, -0.2) is 27.1 Å². The molecule has 0 radical (unpaired) electrons. The minimum absolute atomic E-state index is 0.312. The van der Waals surface area contributed by atoms with Crippen LogP contribution in [-0.2, 0) is 9.09 Å². The van der Waals surface area contributed by atoms with Crippen molar-refractivity contribution in [3.63, 3.8) is 0 Å². The first-order valence-electron chi connectivity index (χ1n) is 9.62. The SMILES string of the molecule is CCCCC(CC)CC(CO)(CC(CC)CCCC)OP(=O)(O)O. The minimum Gasteiger partial charge on any atom is -0.393 e. The van der Waals surface area contributed by atoms with Gasteiger partial charge in [0.2, 0.25) is 0 Å². The molecule has 0 spiro atoms. The first-order chi connectivity index (χ1) is 11.3. The summed E-state index contributed by atoms with van der Waals surface area (Å²) in [5, 5.41) is 10.0. The van der Waals surface area contributed by atoms with Gasteiger partial charge >= 0.3 is 7.82 Å². The Hall–Kier alpha value is 0.0700. The third kappa shape index (κ3) is 10.1. The molecule has 6 heteroatoms. The largest absolute Gasteiger partial charge is 0.470 e. The van der Waals surface area contributed by atoms with Crippen LogP contribution in [0.15, 0.2) is 0 Å². The van der Waals surface area contributed by atoms with Crippen molar-refractivity contribution in [2.24, 2.45) is 11.8 Å². The van der Waals surface area contributed by atoms with Crippen LogP contribution in [0.3, 0.4) is 0 Å². The summed E-state index contributed by atoms with van der Waals surface area (Å²) in [6.07, 6.45) is 9.24.